The lowest BCUT2D eigenvalue weighted by Gasteiger charge is -2.14. The van der Waals surface area contributed by atoms with Crippen molar-refractivity contribution >= 4 is 5.97 Å². The second kappa shape index (κ2) is 8.09. The smallest absolute Gasteiger partial charge is 0.306 e. The van der Waals surface area contributed by atoms with Crippen molar-refractivity contribution in [3.63, 3.8) is 0 Å². The Bertz CT molecular complexity index is 128. The van der Waals surface area contributed by atoms with Gasteiger partial charge in [-0.15, -0.1) is 0 Å². The van der Waals surface area contributed by atoms with Gasteiger partial charge in [-0.25, -0.2) is 0 Å². The van der Waals surface area contributed by atoms with Crippen LogP contribution in [0.25, 0.3) is 0 Å². The molecule has 1 fully saturated rings. The Balaban J connectivity index is 0. The van der Waals surface area contributed by atoms with Gasteiger partial charge in [-0.3, -0.25) is 4.79 Å². The van der Waals surface area contributed by atoms with E-state index in [1.165, 1.54) is 6.42 Å². The highest BCUT2D eigenvalue weighted by Crippen LogP contribution is 2.24. The molecule has 0 aromatic rings. The molecule has 1 aliphatic heterocycles. The average Bonchev–Trinajstić information content (AvgIpc) is 2.35. The van der Waals surface area contributed by atoms with Crippen molar-refractivity contribution in [1.29, 1.82) is 0 Å². The van der Waals surface area contributed by atoms with Gasteiger partial charge in [0, 0.05) is 6.42 Å². The van der Waals surface area contributed by atoms with Gasteiger partial charge < -0.3 is 4.74 Å². The van der Waals surface area contributed by atoms with E-state index in [0.29, 0.717) is 6.42 Å². The highest BCUT2D eigenvalue weighted by molar-refractivity contribution is 5.72. The number of ether oxygens (including phenoxy) is 1. The summed E-state index contributed by atoms with van der Waals surface area (Å²) in [6.45, 7) is 12.1. The second-order valence-electron chi connectivity index (χ2n) is 3.44. The number of rotatable bonds is 0. The van der Waals surface area contributed by atoms with E-state index in [1.807, 2.05) is 27.7 Å². The van der Waals surface area contributed by atoms with E-state index in [9.17, 15) is 4.79 Å². The molecule has 1 saturated heterocycles. The lowest BCUT2D eigenvalue weighted by Crippen LogP contribution is -2.17. The molecule has 1 aliphatic rings. The fourth-order valence-corrected chi connectivity index (χ4v) is 0.813. The quantitative estimate of drug-likeness (QED) is 0.543. The van der Waals surface area contributed by atoms with Crippen LogP contribution in [-0.2, 0) is 9.53 Å². The van der Waals surface area contributed by atoms with Gasteiger partial charge in [0.15, 0.2) is 0 Å². The van der Waals surface area contributed by atoms with Crippen LogP contribution in [0.15, 0.2) is 0 Å². The molecule has 2 heteroatoms. The molecule has 0 atom stereocenters. The molecule has 0 spiro atoms. The first-order valence-electron chi connectivity index (χ1n) is 5.23. The van der Waals surface area contributed by atoms with Crippen molar-refractivity contribution in [3.8, 4) is 0 Å². The van der Waals surface area contributed by atoms with Crippen molar-refractivity contribution < 1.29 is 9.53 Å². The highest BCUT2D eigenvalue weighted by atomic mass is 16.6. The van der Waals surface area contributed by atoms with Crippen LogP contribution in [0.3, 0.4) is 0 Å². The van der Waals surface area contributed by atoms with Crippen LogP contribution in [0.4, 0.5) is 0 Å². The van der Waals surface area contributed by atoms with E-state index in [1.54, 1.807) is 0 Å². The predicted octanol–water partition coefficient (Wildman–Crippen LogP) is 3.54. The first-order chi connectivity index (χ1) is 6.02. The minimum Gasteiger partial charge on any atom is -0.460 e. The first kappa shape index (κ1) is 15.0. The van der Waals surface area contributed by atoms with Gasteiger partial charge in [-0.2, -0.15) is 0 Å². The lowest BCUT2D eigenvalue weighted by molar-refractivity contribution is -0.145. The minimum absolute atomic E-state index is 0.0602. The summed E-state index contributed by atoms with van der Waals surface area (Å²) in [6.07, 6.45) is 2.71. The maximum Gasteiger partial charge on any atom is 0.306 e. The van der Waals surface area contributed by atoms with Crippen LogP contribution in [0, 0.1) is 0 Å². The molecule has 1 heterocycles. The summed E-state index contributed by atoms with van der Waals surface area (Å²) >= 11 is 0. The normalized spacial score (nSPS) is 17.5. The summed E-state index contributed by atoms with van der Waals surface area (Å²) in [5.41, 5.74) is -0.183. The van der Waals surface area contributed by atoms with Crippen molar-refractivity contribution in [2.45, 2.75) is 66.4 Å². The predicted molar refractivity (Wildman–Crippen MR) is 56.7 cm³/mol. The fraction of sp³-hybridized carbons (Fsp3) is 0.909. The summed E-state index contributed by atoms with van der Waals surface area (Å²) in [7, 11) is 0. The lowest BCUT2D eigenvalue weighted by atomic mass is 10.1. The molecule has 0 aliphatic carbocycles. The zero-order valence-electron chi connectivity index (χ0n) is 9.94. The average molecular weight is 188 g/mol. The molecule has 0 aromatic heterocycles. The third kappa shape index (κ3) is 9.38. The van der Waals surface area contributed by atoms with Gasteiger partial charge in [-0.1, -0.05) is 34.1 Å². The van der Waals surface area contributed by atoms with Crippen LogP contribution in [0.5, 0.6) is 0 Å². The highest BCUT2D eigenvalue weighted by Gasteiger charge is 2.30. The molecule has 13 heavy (non-hydrogen) atoms. The summed E-state index contributed by atoms with van der Waals surface area (Å²) in [5.74, 6) is -0.0602. The molecular weight excluding hydrogens is 164 g/mol. The van der Waals surface area contributed by atoms with E-state index in [2.05, 4.69) is 13.8 Å². The number of hydrogen-bond donors (Lipinski definition) is 0. The monoisotopic (exact) mass is 188 g/mol. The number of carbonyl (C=O) groups excluding carboxylic acids is 1. The molecule has 0 aromatic carbocycles. The van der Waals surface area contributed by atoms with E-state index in [-0.39, 0.29) is 11.6 Å². The Hall–Kier alpha value is -0.530. The second-order valence-corrected chi connectivity index (χ2v) is 3.44. The molecule has 80 valence electrons. The van der Waals surface area contributed by atoms with Crippen molar-refractivity contribution in [2.75, 3.05) is 0 Å². The third-order valence-electron chi connectivity index (χ3n) is 1.32. The van der Waals surface area contributed by atoms with Crippen LogP contribution >= 0.6 is 0 Å². The topological polar surface area (TPSA) is 26.3 Å². The molecule has 0 saturated carbocycles. The first-order valence-corrected chi connectivity index (χ1v) is 5.23. The number of cyclic esters (lactones) is 1. The van der Waals surface area contributed by atoms with E-state index in [0.717, 1.165) is 6.42 Å². The third-order valence-corrected chi connectivity index (χ3v) is 1.32. The number of carbonyl (C=O) groups is 1. The molecule has 0 N–H and O–H groups in total. The van der Waals surface area contributed by atoms with Gasteiger partial charge in [0.2, 0.25) is 0 Å². The SMILES string of the molecule is CC.CC1(C)CCC(=O)O1.CCC. The molecular formula is C11H24O2. The Morgan fingerprint density at radius 1 is 1.31 bits per heavy atom. The van der Waals surface area contributed by atoms with E-state index < -0.39 is 0 Å². The fourth-order valence-electron chi connectivity index (χ4n) is 0.813. The molecule has 0 bridgehead atoms. The van der Waals surface area contributed by atoms with Crippen LogP contribution in [-0.4, -0.2) is 11.6 Å². The number of hydrogen-bond acceptors (Lipinski definition) is 2. The number of esters is 1. The minimum atomic E-state index is -0.183. The van der Waals surface area contributed by atoms with Crippen molar-refractivity contribution in [3.05, 3.63) is 0 Å². The zero-order valence-corrected chi connectivity index (χ0v) is 9.94. The van der Waals surface area contributed by atoms with Gasteiger partial charge in [0.25, 0.3) is 0 Å². The summed E-state index contributed by atoms with van der Waals surface area (Å²) in [6, 6.07) is 0. The molecule has 1 rings (SSSR count). The molecule has 0 radical (unpaired) electrons. The van der Waals surface area contributed by atoms with Crippen molar-refractivity contribution in [1.82, 2.24) is 0 Å². The summed E-state index contributed by atoms with van der Waals surface area (Å²) in [4.78, 5) is 10.4. The van der Waals surface area contributed by atoms with E-state index in [4.69, 9.17) is 4.74 Å². The van der Waals surface area contributed by atoms with Gasteiger partial charge in [0.1, 0.15) is 5.60 Å². The molecule has 0 unspecified atom stereocenters. The Kier molecular flexibility index (Phi) is 9.31. The Morgan fingerprint density at radius 2 is 1.69 bits per heavy atom. The van der Waals surface area contributed by atoms with Crippen molar-refractivity contribution in [2.24, 2.45) is 0 Å². The van der Waals surface area contributed by atoms with Crippen LogP contribution in [0.2, 0.25) is 0 Å². The maximum absolute atomic E-state index is 10.4. The Morgan fingerprint density at radius 3 is 1.77 bits per heavy atom. The molecule has 0 amide bonds. The van der Waals surface area contributed by atoms with Crippen LogP contribution in [0.1, 0.15) is 60.8 Å². The standard InChI is InChI=1S/C6H10O2.C3H8.C2H6/c1-6(2)4-3-5(7)8-6;1-3-2;1-2/h3-4H2,1-2H3;3H2,1-2H3;1-2H3. The Labute approximate surface area is 82.7 Å². The van der Waals surface area contributed by atoms with Gasteiger partial charge in [-0.05, 0) is 20.3 Å². The van der Waals surface area contributed by atoms with Crippen LogP contribution < -0.4 is 0 Å². The largest absolute Gasteiger partial charge is 0.460 e. The molecule has 2 nitrogen and oxygen atoms in total. The van der Waals surface area contributed by atoms with E-state index >= 15 is 0 Å². The summed E-state index contributed by atoms with van der Waals surface area (Å²) in [5, 5.41) is 0. The maximum atomic E-state index is 10.4. The zero-order chi connectivity index (χ0) is 10.9. The van der Waals surface area contributed by atoms with Gasteiger partial charge in [0.05, 0.1) is 0 Å². The summed E-state index contributed by atoms with van der Waals surface area (Å²) < 4.78 is 4.91. The van der Waals surface area contributed by atoms with Gasteiger partial charge >= 0.3 is 5.97 Å².